The van der Waals surface area contributed by atoms with E-state index in [1.54, 1.807) is 0 Å². The predicted octanol–water partition coefficient (Wildman–Crippen LogP) is -0.261. The standard InChI is InChI=1S/C7H10N2.S/c1-5-4-6(8)2-3-7(5)9;/h2-4H,8-9H2,1H3;/q;-2/p+2. The minimum atomic E-state index is 0. The molecule has 2 nitrogen and oxygen atoms in total. The molecule has 0 aliphatic rings. The third-order valence-corrected chi connectivity index (χ3v) is 1.41. The van der Waals surface area contributed by atoms with Crippen LogP contribution in [0.1, 0.15) is 5.56 Å². The summed E-state index contributed by atoms with van der Waals surface area (Å²) in [6, 6.07) is 5.98. The highest BCUT2D eigenvalue weighted by atomic mass is 32.1. The van der Waals surface area contributed by atoms with E-state index < -0.39 is 0 Å². The fraction of sp³-hybridized carbons (Fsp3) is 0.143. The van der Waals surface area contributed by atoms with E-state index in [0.29, 0.717) is 0 Å². The Labute approximate surface area is 67.7 Å². The lowest BCUT2D eigenvalue weighted by Gasteiger charge is -2.00. The molecule has 0 saturated heterocycles. The Morgan fingerprint density at radius 2 is 1.80 bits per heavy atom. The largest absolute Gasteiger partial charge is 2.00 e. The molecule has 0 fully saturated rings. The summed E-state index contributed by atoms with van der Waals surface area (Å²) in [6.45, 7) is 2.04. The van der Waals surface area contributed by atoms with Crippen molar-refractivity contribution in [2.45, 2.75) is 6.92 Å². The Morgan fingerprint density at radius 1 is 1.20 bits per heavy atom. The van der Waals surface area contributed by atoms with Crippen LogP contribution in [0.2, 0.25) is 0 Å². The maximum atomic E-state index is 3.83. The van der Waals surface area contributed by atoms with Gasteiger partial charge in [-0.3, -0.25) is 0 Å². The summed E-state index contributed by atoms with van der Waals surface area (Å²) in [4.78, 5) is 0. The fourth-order valence-corrected chi connectivity index (χ4v) is 0.758. The zero-order valence-electron chi connectivity index (χ0n) is 6.05. The fourth-order valence-electron chi connectivity index (χ4n) is 0.758. The number of hydrogen-bond acceptors (Lipinski definition) is 0. The number of rotatable bonds is 0. The zero-order chi connectivity index (χ0) is 6.85. The van der Waals surface area contributed by atoms with Crippen LogP contribution in [0.15, 0.2) is 18.2 Å². The minimum absolute atomic E-state index is 0. The molecule has 1 aromatic carbocycles. The van der Waals surface area contributed by atoms with Gasteiger partial charge in [0.05, 0.1) is 0 Å². The molecular formula is C7H12N2S. The van der Waals surface area contributed by atoms with Gasteiger partial charge >= 0.3 is 0 Å². The molecule has 0 atom stereocenters. The van der Waals surface area contributed by atoms with E-state index in [1.807, 2.05) is 25.1 Å². The predicted molar refractivity (Wildman–Crippen MR) is 43.6 cm³/mol. The van der Waals surface area contributed by atoms with Gasteiger partial charge in [0.25, 0.3) is 0 Å². The van der Waals surface area contributed by atoms with Gasteiger partial charge in [-0.05, 0) is 6.92 Å². The third kappa shape index (κ3) is 2.02. The van der Waals surface area contributed by atoms with Crippen molar-refractivity contribution in [1.82, 2.24) is 0 Å². The monoisotopic (exact) mass is 156 g/mol. The Kier molecular flexibility index (Phi) is 3.42. The van der Waals surface area contributed by atoms with Crippen LogP contribution in [0.25, 0.3) is 0 Å². The van der Waals surface area contributed by atoms with Gasteiger partial charge in [0.2, 0.25) is 0 Å². The van der Waals surface area contributed by atoms with Crippen LogP contribution in [-0.2, 0) is 13.5 Å². The first-order valence-corrected chi connectivity index (χ1v) is 2.95. The van der Waals surface area contributed by atoms with E-state index >= 15 is 0 Å². The summed E-state index contributed by atoms with van der Waals surface area (Å²) in [5.41, 5.74) is 11.0. The highest BCUT2D eigenvalue weighted by Gasteiger charge is 1.96. The molecule has 0 saturated carbocycles. The molecule has 0 heterocycles. The van der Waals surface area contributed by atoms with Crippen LogP contribution in [0, 0.1) is 6.92 Å². The molecule has 0 unspecified atom stereocenters. The van der Waals surface area contributed by atoms with Gasteiger partial charge in [0.1, 0.15) is 11.4 Å². The zero-order valence-corrected chi connectivity index (χ0v) is 6.87. The SMILES string of the molecule is Cc1cc([NH3+])ccc1[NH3+].[S-2]. The molecule has 0 aliphatic heterocycles. The lowest BCUT2D eigenvalue weighted by molar-refractivity contribution is -0.261. The Hall–Kier alpha value is -0.510. The average Bonchev–Trinajstić information content (AvgIpc) is 1.80. The van der Waals surface area contributed by atoms with Crippen LogP contribution in [-0.4, -0.2) is 0 Å². The van der Waals surface area contributed by atoms with Crippen LogP contribution >= 0.6 is 0 Å². The molecule has 56 valence electrons. The molecule has 0 aromatic heterocycles. The highest BCUT2D eigenvalue weighted by Crippen LogP contribution is 2.10. The summed E-state index contributed by atoms with van der Waals surface area (Å²) in [6.07, 6.45) is 0. The van der Waals surface area contributed by atoms with Gasteiger partial charge in [-0.25, -0.2) is 0 Å². The Morgan fingerprint density at radius 3 is 2.20 bits per heavy atom. The average molecular weight is 156 g/mol. The third-order valence-electron chi connectivity index (χ3n) is 1.41. The molecule has 6 N–H and O–H groups in total. The van der Waals surface area contributed by atoms with Gasteiger partial charge in [0.15, 0.2) is 0 Å². The minimum Gasteiger partial charge on any atom is -2.00 e. The number of aryl methyl sites for hydroxylation is 1. The Balaban J connectivity index is 0.000000810. The van der Waals surface area contributed by atoms with E-state index in [2.05, 4.69) is 11.5 Å². The van der Waals surface area contributed by atoms with E-state index in [-0.39, 0.29) is 13.5 Å². The molecule has 0 bridgehead atoms. The molecule has 0 spiro atoms. The van der Waals surface area contributed by atoms with Crippen molar-refractivity contribution in [2.24, 2.45) is 0 Å². The van der Waals surface area contributed by atoms with Crippen LogP contribution in [0.4, 0.5) is 11.4 Å². The van der Waals surface area contributed by atoms with Gasteiger partial charge in [-0.2, -0.15) is 0 Å². The van der Waals surface area contributed by atoms with E-state index in [4.69, 9.17) is 0 Å². The van der Waals surface area contributed by atoms with Crippen molar-refractivity contribution >= 4 is 24.9 Å². The maximum Gasteiger partial charge on any atom is 0.131 e. The summed E-state index contributed by atoms with van der Waals surface area (Å²) >= 11 is 0. The van der Waals surface area contributed by atoms with E-state index in [0.717, 1.165) is 11.4 Å². The number of hydrogen-bond donors (Lipinski definition) is 2. The number of benzene rings is 1. The first kappa shape index (κ1) is 9.49. The molecule has 1 rings (SSSR count). The van der Waals surface area contributed by atoms with Crippen molar-refractivity contribution in [3.63, 3.8) is 0 Å². The van der Waals surface area contributed by atoms with Gasteiger partial charge < -0.3 is 25.0 Å². The molecule has 0 amide bonds. The van der Waals surface area contributed by atoms with Crippen LogP contribution in [0.5, 0.6) is 0 Å². The molecule has 0 radical (unpaired) electrons. The normalized spacial score (nSPS) is 8.70. The molecule has 3 heteroatoms. The van der Waals surface area contributed by atoms with Crippen molar-refractivity contribution in [2.75, 3.05) is 0 Å². The molecule has 10 heavy (non-hydrogen) atoms. The molecule has 0 aliphatic carbocycles. The lowest BCUT2D eigenvalue weighted by atomic mass is 10.2. The van der Waals surface area contributed by atoms with Crippen LogP contribution in [0.3, 0.4) is 0 Å². The second-order valence-corrected chi connectivity index (χ2v) is 2.26. The summed E-state index contributed by atoms with van der Waals surface area (Å²) in [5, 5.41) is 0. The Bertz CT molecular complexity index is 223. The first-order chi connectivity index (χ1) is 4.20. The van der Waals surface area contributed by atoms with Crippen molar-refractivity contribution in [1.29, 1.82) is 0 Å². The number of quaternary nitrogens is 2. The van der Waals surface area contributed by atoms with Gasteiger partial charge in [-0.15, -0.1) is 0 Å². The topological polar surface area (TPSA) is 55.3 Å². The smallest absolute Gasteiger partial charge is 0.131 e. The van der Waals surface area contributed by atoms with Crippen molar-refractivity contribution in [3.8, 4) is 0 Å². The second kappa shape index (κ2) is 3.61. The summed E-state index contributed by atoms with van der Waals surface area (Å²) < 4.78 is 0. The van der Waals surface area contributed by atoms with Crippen LogP contribution < -0.4 is 11.5 Å². The summed E-state index contributed by atoms with van der Waals surface area (Å²) in [7, 11) is 0. The van der Waals surface area contributed by atoms with Gasteiger partial charge in [0, 0.05) is 23.8 Å². The summed E-state index contributed by atoms with van der Waals surface area (Å²) in [5.74, 6) is 0. The highest BCUT2D eigenvalue weighted by molar-refractivity contribution is 7.37. The molecule has 1 aromatic rings. The van der Waals surface area contributed by atoms with Crippen molar-refractivity contribution < 1.29 is 11.5 Å². The molecular weight excluding hydrogens is 144 g/mol. The maximum absolute atomic E-state index is 3.83. The quantitative estimate of drug-likeness (QED) is 0.520. The first-order valence-electron chi connectivity index (χ1n) is 2.95. The lowest BCUT2D eigenvalue weighted by Crippen LogP contribution is -2.43. The van der Waals surface area contributed by atoms with Gasteiger partial charge in [-0.1, -0.05) is 0 Å². The van der Waals surface area contributed by atoms with E-state index in [9.17, 15) is 0 Å². The van der Waals surface area contributed by atoms with Crippen molar-refractivity contribution in [3.05, 3.63) is 23.8 Å². The second-order valence-electron chi connectivity index (χ2n) is 2.26. The van der Waals surface area contributed by atoms with E-state index in [1.165, 1.54) is 5.56 Å².